The molecule has 28 heavy (non-hydrogen) atoms. The summed E-state index contributed by atoms with van der Waals surface area (Å²) in [6, 6.07) is 25.7. The van der Waals surface area contributed by atoms with Gasteiger partial charge in [-0.3, -0.25) is 10.1 Å². The Balaban J connectivity index is 2.04. The van der Waals surface area contributed by atoms with Gasteiger partial charge in [0.15, 0.2) is 0 Å². The van der Waals surface area contributed by atoms with Crippen LogP contribution in [0.3, 0.4) is 0 Å². The van der Waals surface area contributed by atoms with Crippen molar-refractivity contribution in [3.63, 3.8) is 0 Å². The molecule has 0 radical (unpaired) electrons. The van der Waals surface area contributed by atoms with Gasteiger partial charge in [-0.1, -0.05) is 83.9 Å². The van der Waals surface area contributed by atoms with Crippen LogP contribution in [0.25, 0.3) is 28.2 Å². The first-order chi connectivity index (χ1) is 13.6. The Morgan fingerprint density at radius 3 is 1.50 bits per heavy atom. The number of halogens is 2. The Labute approximate surface area is 171 Å². The second-order valence-corrected chi connectivity index (χ2v) is 6.92. The van der Waals surface area contributed by atoms with E-state index >= 15 is 0 Å². The van der Waals surface area contributed by atoms with Crippen molar-refractivity contribution in [3.8, 4) is 28.2 Å². The summed E-state index contributed by atoms with van der Waals surface area (Å²) < 4.78 is 1.94. The van der Waals surface area contributed by atoms with Crippen LogP contribution in [-0.2, 0) is 0 Å². The van der Waals surface area contributed by atoms with E-state index in [1.54, 1.807) is 12.1 Å². The van der Waals surface area contributed by atoms with Gasteiger partial charge in [0, 0.05) is 28.9 Å². The summed E-state index contributed by atoms with van der Waals surface area (Å²) in [4.78, 5) is 10.6. The molecule has 4 aromatic rings. The first-order valence-electron chi connectivity index (χ1n) is 8.53. The van der Waals surface area contributed by atoms with E-state index in [0.717, 1.165) is 28.2 Å². The Bertz CT molecular complexity index is 1080. The van der Waals surface area contributed by atoms with E-state index in [-0.39, 0.29) is 5.69 Å². The fraction of sp³-hybridized carbons (Fsp3) is 0. The predicted molar refractivity (Wildman–Crippen MR) is 113 cm³/mol. The molecule has 0 fully saturated rings. The van der Waals surface area contributed by atoms with Crippen LogP contribution in [-0.4, -0.2) is 9.49 Å². The van der Waals surface area contributed by atoms with Crippen molar-refractivity contribution < 1.29 is 4.92 Å². The van der Waals surface area contributed by atoms with Crippen molar-refractivity contribution in [1.29, 1.82) is 0 Å². The van der Waals surface area contributed by atoms with Gasteiger partial charge in [-0.15, -0.1) is 0 Å². The van der Waals surface area contributed by atoms with E-state index in [1.165, 1.54) is 12.1 Å². The number of nitrogens with zero attached hydrogens (tertiary/aromatic N) is 2. The number of benzene rings is 3. The van der Waals surface area contributed by atoms with Gasteiger partial charge in [0.25, 0.3) is 5.69 Å². The number of nitro benzene ring substituents is 1. The third kappa shape index (κ3) is 3.17. The van der Waals surface area contributed by atoms with Crippen LogP contribution in [0.4, 0.5) is 5.69 Å². The van der Waals surface area contributed by atoms with Crippen LogP contribution in [0.2, 0.25) is 10.0 Å². The molecular formula is C22H14Cl2N2O2. The van der Waals surface area contributed by atoms with Crippen molar-refractivity contribution in [2.24, 2.45) is 0 Å². The van der Waals surface area contributed by atoms with Crippen molar-refractivity contribution >= 4 is 28.9 Å². The molecule has 1 aromatic heterocycles. The number of nitro groups is 1. The average molecular weight is 409 g/mol. The molecule has 0 unspecified atom stereocenters. The predicted octanol–water partition coefficient (Wildman–Crippen LogP) is 7.03. The summed E-state index contributed by atoms with van der Waals surface area (Å²) in [6.45, 7) is 0. The smallest absolute Gasteiger partial charge is 0.269 e. The molecule has 0 aliphatic carbocycles. The Morgan fingerprint density at radius 2 is 1.11 bits per heavy atom. The molecule has 0 N–H and O–H groups in total. The zero-order valence-electron chi connectivity index (χ0n) is 14.5. The molecule has 1 heterocycles. The summed E-state index contributed by atoms with van der Waals surface area (Å²) in [5.74, 6) is 0. The van der Waals surface area contributed by atoms with Gasteiger partial charge < -0.3 is 4.57 Å². The quantitative estimate of drug-likeness (QED) is 0.268. The molecule has 3 aromatic carbocycles. The van der Waals surface area contributed by atoms with Crippen LogP contribution in [0.15, 0.2) is 84.9 Å². The molecule has 0 saturated carbocycles. The van der Waals surface area contributed by atoms with Crippen molar-refractivity contribution in [2.75, 3.05) is 0 Å². The second-order valence-electron chi connectivity index (χ2n) is 6.17. The summed E-state index contributed by atoms with van der Waals surface area (Å²) in [7, 11) is 0. The minimum absolute atomic E-state index is 0.0237. The molecular weight excluding hydrogens is 395 g/mol. The molecule has 4 nitrogen and oxygen atoms in total. The summed E-state index contributed by atoms with van der Waals surface area (Å²) in [5.41, 5.74) is 4.03. The molecule has 0 spiro atoms. The Morgan fingerprint density at radius 1 is 0.679 bits per heavy atom. The maximum atomic E-state index is 11.0. The number of aromatic nitrogens is 1. The highest BCUT2D eigenvalue weighted by molar-refractivity contribution is 6.45. The van der Waals surface area contributed by atoms with Crippen LogP contribution >= 0.6 is 23.2 Å². The monoisotopic (exact) mass is 408 g/mol. The maximum Gasteiger partial charge on any atom is 0.269 e. The van der Waals surface area contributed by atoms with Crippen LogP contribution < -0.4 is 0 Å². The summed E-state index contributed by atoms with van der Waals surface area (Å²) >= 11 is 13.3. The number of hydrogen-bond acceptors (Lipinski definition) is 2. The van der Waals surface area contributed by atoms with E-state index in [4.69, 9.17) is 23.2 Å². The maximum absolute atomic E-state index is 11.0. The normalized spacial score (nSPS) is 10.8. The van der Waals surface area contributed by atoms with E-state index in [9.17, 15) is 10.1 Å². The van der Waals surface area contributed by atoms with Crippen molar-refractivity contribution in [1.82, 2.24) is 4.57 Å². The van der Waals surface area contributed by atoms with E-state index < -0.39 is 4.92 Å². The van der Waals surface area contributed by atoms with Gasteiger partial charge in [-0.25, -0.2) is 0 Å². The fourth-order valence-corrected chi connectivity index (χ4v) is 3.77. The molecule has 0 aliphatic heterocycles. The lowest BCUT2D eigenvalue weighted by Crippen LogP contribution is -2.00. The number of rotatable bonds is 4. The minimum Gasteiger partial charge on any atom is -0.306 e. The van der Waals surface area contributed by atoms with Crippen molar-refractivity contribution in [3.05, 3.63) is 105 Å². The van der Waals surface area contributed by atoms with Gasteiger partial charge in [-0.05, 0) is 12.1 Å². The van der Waals surface area contributed by atoms with Gasteiger partial charge >= 0.3 is 0 Å². The fourth-order valence-electron chi connectivity index (χ4n) is 3.20. The van der Waals surface area contributed by atoms with E-state index in [0.29, 0.717) is 10.0 Å². The van der Waals surface area contributed by atoms with Gasteiger partial charge in [-0.2, -0.15) is 0 Å². The molecule has 4 rings (SSSR count). The van der Waals surface area contributed by atoms with Gasteiger partial charge in [0.1, 0.15) is 0 Å². The average Bonchev–Trinajstić information content (AvgIpc) is 3.00. The molecule has 138 valence electrons. The molecule has 6 heteroatoms. The third-order valence-electron chi connectivity index (χ3n) is 4.47. The van der Waals surface area contributed by atoms with E-state index in [2.05, 4.69) is 0 Å². The first-order valence-corrected chi connectivity index (χ1v) is 9.29. The molecule has 0 aliphatic rings. The highest BCUT2D eigenvalue weighted by Crippen LogP contribution is 2.45. The highest BCUT2D eigenvalue weighted by Gasteiger charge is 2.24. The Kier molecular flexibility index (Phi) is 4.90. The minimum atomic E-state index is -0.421. The van der Waals surface area contributed by atoms with Crippen LogP contribution in [0.5, 0.6) is 0 Å². The van der Waals surface area contributed by atoms with Crippen molar-refractivity contribution in [2.45, 2.75) is 0 Å². The second kappa shape index (κ2) is 7.50. The van der Waals surface area contributed by atoms with Gasteiger partial charge in [0.2, 0.25) is 0 Å². The first kappa shape index (κ1) is 18.3. The zero-order chi connectivity index (χ0) is 19.7. The largest absolute Gasteiger partial charge is 0.306 e. The summed E-state index contributed by atoms with van der Waals surface area (Å²) in [5, 5.41) is 11.9. The number of non-ortho nitro benzene ring substituents is 1. The molecule has 0 amide bonds. The number of hydrogen-bond donors (Lipinski definition) is 0. The topological polar surface area (TPSA) is 48.1 Å². The molecule has 0 bridgehead atoms. The lowest BCUT2D eigenvalue weighted by molar-refractivity contribution is -0.384. The lowest BCUT2D eigenvalue weighted by atomic mass is 10.1. The van der Waals surface area contributed by atoms with E-state index in [1.807, 2.05) is 65.2 Å². The zero-order valence-corrected chi connectivity index (χ0v) is 16.1. The third-order valence-corrected chi connectivity index (χ3v) is 5.30. The molecule has 0 saturated heterocycles. The van der Waals surface area contributed by atoms with Crippen LogP contribution in [0.1, 0.15) is 0 Å². The standard InChI is InChI=1S/C22H14Cl2N2O2/c23-19-20(24)22(16-9-5-2-6-10-16)25(21(19)15-7-3-1-4-8-15)17-11-13-18(14-12-17)26(27)28/h1-14H. The van der Waals surface area contributed by atoms with Gasteiger partial charge in [0.05, 0.1) is 26.4 Å². The SMILES string of the molecule is O=[N+]([O-])c1ccc(-n2c(-c3ccccc3)c(Cl)c(Cl)c2-c2ccccc2)cc1. The lowest BCUT2D eigenvalue weighted by Gasteiger charge is -2.14. The summed E-state index contributed by atoms with van der Waals surface area (Å²) in [6.07, 6.45) is 0. The highest BCUT2D eigenvalue weighted by atomic mass is 35.5. The van der Waals surface area contributed by atoms with Crippen LogP contribution in [0, 0.1) is 10.1 Å². The Hall–Kier alpha value is -3.08. The molecule has 0 atom stereocenters.